The highest BCUT2D eigenvalue weighted by Gasteiger charge is 2.42. The second-order valence-corrected chi connectivity index (χ2v) is 10.4. The first-order valence-electron chi connectivity index (χ1n) is 11.0. The normalized spacial score (nSPS) is 20.0. The van der Waals surface area contributed by atoms with Crippen molar-refractivity contribution < 1.29 is 9.53 Å². The average molecular weight is 451 g/mol. The molecular weight excluding hydrogens is 420 g/mol. The summed E-state index contributed by atoms with van der Waals surface area (Å²) in [7, 11) is 1.48. The van der Waals surface area contributed by atoms with Gasteiger partial charge >= 0.3 is 5.97 Å². The Morgan fingerprint density at radius 3 is 2.72 bits per heavy atom. The van der Waals surface area contributed by atoms with E-state index in [1.807, 2.05) is 19.2 Å². The van der Waals surface area contributed by atoms with Crippen LogP contribution in [0, 0.1) is 25.2 Å². The van der Waals surface area contributed by atoms with Gasteiger partial charge in [0.2, 0.25) is 5.95 Å². The van der Waals surface area contributed by atoms with Crippen molar-refractivity contribution in [3.05, 3.63) is 52.9 Å². The lowest BCUT2D eigenvalue weighted by Gasteiger charge is -2.40. The van der Waals surface area contributed by atoms with E-state index in [-0.39, 0.29) is 17.3 Å². The number of aromatic nitrogens is 3. The molecule has 2 unspecified atom stereocenters. The molecule has 1 N–H and O–H groups in total. The fourth-order valence-corrected chi connectivity index (χ4v) is 5.71. The number of carbonyl (C=O) groups is 1. The van der Waals surface area contributed by atoms with Crippen LogP contribution in [-0.4, -0.2) is 28.0 Å². The summed E-state index contributed by atoms with van der Waals surface area (Å²) in [5.74, 6) is 0.826. The van der Waals surface area contributed by atoms with Gasteiger partial charge in [-0.1, -0.05) is 19.9 Å². The number of nitrogens with one attached hydrogen (secondary N) is 1. The van der Waals surface area contributed by atoms with Crippen LogP contribution in [0.3, 0.4) is 0 Å². The minimum atomic E-state index is -0.101. The Morgan fingerprint density at radius 1 is 1.19 bits per heavy atom. The Hall–Kier alpha value is -2.80. The zero-order valence-corrected chi connectivity index (χ0v) is 20.1. The summed E-state index contributed by atoms with van der Waals surface area (Å²) < 4.78 is 5.03. The molecule has 2 aromatic heterocycles. The zero-order valence-electron chi connectivity index (χ0n) is 19.3. The van der Waals surface area contributed by atoms with Crippen LogP contribution in [0.4, 0.5) is 11.6 Å². The smallest absolute Gasteiger partial charge is 0.309 e. The molecule has 1 saturated carbocycles. The van der Waals surface area contributed by atoms with Crippen LogP contribution in [0.5, 0.6) is 0 Å². The summed E-state index contributed by atoms with van der Waals surface area (Å²) in [4.78, 5) is 26.9. The minimum absolute atomic E-state index is 0.0440. The molecule has 0 amide bonds. The Labute approximate surface area is 193 Å². The van der Waals surface area contributed by atoms with Gasteiger partial charge < -0.3 is 10.1 Å². The molecule has 6 nitrogen and oxygen atoms in total. The maximum absolute atomic E-state index is 12.2. The van der Waals surface area contributed by atoms with E-state index in [1.165, 1.54) is 7.11 Å². The molecule has 1 aliphatic rings. The highest BCUT2D eigenvalue weighted by molar-refractivity contribution is 7.15. The van der Waals surface area contributed by atoms with Crippen LogP contribution in [0.2, 0.25) is 0 Å². The Kier molecular flexibility index (Phi) is 6.29. The van der Waals surface area contributed by atoms with Gasteiger partial charge in [0, 0.05) is 29.7 Å². The number of benzene rings is 1. The quantitative estimate of drug-likeness (QED) is 0.477. The summed E-state index contributed by atoms with van der Waals surface area (Å²) in [5.41, 5.74) is 4.07. The van der Waals surface area contributed by atoms with Crippen molar-refractivity contribution in [3.63, 3.8) is 0 Å². The lowest BCUT2D eigenvalue weighted by Crippen LogP contribution is -2.37. The molecule has 1 fully saturated rings. The van der Waals surface area contributed by atoms with E-state index in [4.69, 9.17) is 9.72 Å². The summed E-state index contributed by atoms with van der Waals surface area (Å²) in [6.07, 6.45) is 6.47. The van der Waals surface area contributed by atoms with Crippen molar-refractivity contribution in [3.8, 4) is 10.4 Å². The number of hydrogen-bond acceptors (Lipinski definition) is 7. The Balaban J connectivity index is 1.54. The molecule has 2 atom stereocenters. The predicted molar refractivity (Wildman–Crippen MR) is 128 cm³/mol. The van der Waals surface area contributed by atoms with Gasteiger partial charge in [-0.3, -0.25) is 4.79 Å². The molecule has 1 aliphatic carbocycles. The summed E-state index contributed by atoms with van der Waals surface area (Å²) in [5, 5.41) is 4.46. The number of carbonyl (C=O) groups excluding carboxylic acids is 1. The second-order valence-electron chi connectivity index (χ2n) is 9.34. The third-order valence-electron chi connectivity index (χ3n) is 6.29. The summed E-state index contributed by atoms with van der Waals surface area (Å²) in [6, 6.07) is 8.27. The summed E-state index contributed by atoms with van der Waals surface area (Å²) in [6.45, 7) is 8.37. The lowest BCUT2D eigenvalue weighted by atomic mass is 9.65. The van der Waals surface area contributed by atoms with E-state index in [2.05, 4.69) is 54.3 Å². The van der Waals surface area contributed by atoms with Crippen molar-refractivity contribution in [1.29, 1.82) is 0 Å². The number of thiazole rings is 1. The molecule has 2 heterocycles. The largest absolute Gasteiger partial charge is 0.469 e. The summed E-state index contributed by atoms with van der Waals surface area (Å²) >= 11 is 1.75. The molecule has 7 heteroatoms. The molecule has 0 saturated heterocycles. The number of aryl methyl sites for hydroxylation is 2. The molecule has 168 valence electrons. The van der Waals surface area contributed by atoms with Crippen LogP contribution in [0.25, 0.3) is 10.4 Å². The molecule has 32 heavy (non-hydrogen) atoms. The first-order chi connectivity index (χ1) is 15.2. The predicted octanol–water partition coefficient (Wildman–Crippen LogP) is 6.04. The van der Waals surface area contributed by atoms with Gasteiger partial charge in [0.1, 0.15) is 0 Å². The minimum Gasteiger partial charge on any atom is -0.469 e. The van der Waals surface area contributed by atoms with E-state index in [9.17, 15) is 4.79 Å². The fraction of sp³-hybridized carbons (Fsp3) is 0.440. The van der Waals surface area contributed by atoms with Crippen LogP contribution in [-0.2, 0) is 9.53 Å². The van der Waals surface area contributed by atoms with Crippen LogP contribution >= 0.6 is 11.3 Å². The number of methoxy groups -OCH3 is 1. The topological polar surface area (TPSA) is 77.0 Å². The van der Waals surface area contributed by atoms with Crippen LogP contribution < -0.4 is 5.32 Å². The number of hydrogen-bond donors (Lipinski definition) is 1. The average Bonchev–Trinajstić information content (AvgIpc) is 3.22. The van der Waals surface area contributed by atoms with Crippen LogP contribution in [0.1, 0.15) is 55.3 Å². The Bertz CT molecular complexity index is 1120. The van der Waals surface area contributed by atoms with E-state index < -0.39 is 0 Å². The Morgan fingerprint density at radius 2 is 2.00 bits per heavy atom. The zero-order chi connectivity index (χ0) is 22.9. The molecule has 1 aromatic carbocycles. The molecule has 0 aliphatic heterocycles. The molecular formula is C25H30N4O2S. The first kappa shape index (κ1) is 22.4. The fourth-order valence-electron chi connectivity index (χ4n) is 4.67. The SMILES string of the molecule is COC(=O)C1CCC(c2ncc(-c3cc(C)cc(Nc4nccc(C)n4)c3)s2)CC1(C)C. The second kappa shape index (κ2) is 8.98. The van der Waals surface area contributed by atoms with Gasteiger partial charge in [-0.15, -0.1) is 11.3 Å². The maximum atomic E-state index is 12.2. The van der Waals surface area contributed by atoms with E-state index in [0.717, 1.165) is 51.7 Å². The monoisotopic (exact) mass is 450 g/mol. The van der Waals surface area contributed by atoms with Gasteiger partial charge in [0.15, 0.2) is 0 Å². The number of ether oxygens (including phenoxy) is 1. The van der Waals surface area contributed by atoms with Crippen molar-refractivity contribution in [2.24, 2.45) is 11.3 Å². The van der Waals surface area contributed by atoms with Gasteiger partial charge in [-0.05, 0) is 67.9 Å². The standard InChI is InChI=1S/C25H30N4O2S/c1-15-10-18(12-19(11-15)29-24-26-9-8-16(2)28-24)21-14-27-22(32-21)17-6-7-20(23(30)31-5)25(3,4)13-17/h8-12,14,17,20H,6-7,13H2,1-5H3,(H,26,28,29). The van der Waals surface area contributed by atoms with Crippen molar-refractivity contribution in [2.75, 3.05) is 12.4 Å². The number of nitrogens with zero attached hydrogens (tertiary/aromatic N) is 3. The number of esters is 1. The molecule has 0 bridgehead atoms. The van der Waals surface area contributed by atoms with Crippen LogP contribution in [0.15, 0.2) is 36.7 Å². The van der Waals surface area contributed by atoms with Crippen molar-refractivity contribution >= 4 is 28.9 Å². The molecule has 3 aromatic rings. The van der Waals surface area contributed by atoms with Crippen molar-refractivity contribution in [2.45, 2.75) is 52.9 Å². The highest BCUT2D eigenvalue weighted by Crippen LogP contribution is 2.48. The van der Waals surface area contributed by atoms with Gasteiger partial charge in [-0.25, -0.2) is 15.0 Å². The maximum Gasteiger partial charge on any atom is 0.309 e. The van der Waals surface area contributed by atoms with Gasteiger partial charge in [-0.2, -0.15) is 0 Å². The van der Waals surface area contributed by atoms with E-state index >= 15 is 0 Å². The first-order valence-corrected chi connectivity index (χ1v) is 11.8. The van der Waals surface area contributed by atoms with Gasteiger partial charge in [0.05, 0.1) is 22.9 Å². The van der Waals surface area contributed by atoms with Gasteiger partial charge in [0.25, 0.3) is 0 Å². The number of anilines is 2. The lowest BCUT2D eigenvalue weighted by molar-refractivity contribution is -0.151. The van der Waals surface area contributed by atoms with E-state index in [0.29, 0.717) is 11.9 Å². The van der Waals surface area contributed by atoms with E-state index in [1.54, 1.807) is 17.5 Å². The number of rotatable bonds is 5. The molecule has 0 radical (unpaired) electrons. The van der Waals surface area contributed by atoms with Crippen molar-refractivity contribution in [1.82, 2.24) is 15.0 Å². The molecule has 0 spiro atoms. The third-order valence-corrected chi connectivity index (χ3v) is 7.50. The highest BCUT2D eigenvalue weighted by atomic mass is 32.1. The molecule has 4 rings (SSSR count). The third kappa shape index (κ3) is 4.83.